The van der Waals surface area contributed by atoms with Crippen molar-refractivity contribution >= 4 is 23.0 Å². The summed E-state index contributed by atoms with van der Waals surface area (Å²) in [7, 11) is 1.68. The molecule has 0 aliphatic carbocycles. The molecule has 0 bridgehead atoms. The highest BCUT2D eigenvalue weighted by atomic mass is 16.6. The molecule has 2 N–H and O–H groups in total. The quantitative estimate of drug-likeness (QED) is 0.667. The normalized spacial score (nSPS) is 10.0. The van der Waals surface area contributed by atoms with Crippen molar-refractivity contribution in [1.29, 1.82) is 0 Å². The van der Waals surface area contributed by atoms with E-state index in [1.54, 1.807) is 25.2 Å². The SMILES string of the molecule is CNc1ccc([N+](=O)[O-])c(C(=O)Nc2ccc(C)cc2)c1. The van der Waals surface area contributed by atoms with Gasteiger partial charge in [-0.05, 0) is 31.2 Å². The van der Waals surface area contributed by atoms with Crippen LogP contribution in [0.25, 0.3) is 0 Å². The maximum Gasteiger partial charge on any atom is 0.282 e. The zero-order chi connectivity index (χ0) is 15.4. The summed E-state index contributed by atoms with van der Waals surface area (Å²) < 4.78 is 0. The van der Waals surface area contributed by atoms with E-state index in [-0.39, 0.29) is 11.3 Å². The van der Waals surface area contributed by atoms with Gasteiger partial charge in [0.2, 0.25) is 0 Å². The highest BCUT2D eigenvalue weighted by Gasteiger charge is 2.20. The molecule has 1 amide bonds. The summed E-state index contributed by atoms with van der Waals surface area (Å²) in [6.07, 6.45) is 0. The molecule has 6 nitrogen and oxygen atoms in total. The average Bonchev–Trinajstić information content (AvgIpc) is 2.48. The van der Waals surface area contributed by atoms with E-state index in [0.717, 1.165) is 5.56 Å². The predicted molar refractivity (Wildman–Crippen MR) is 81.8 cm³/mol. The molecule has 2 rings (SSSR count). The van der Waals surface area contributed by atoms with Crippen LogP contribution in [0.5, 0.6) is 0 Å². The second-order valence-electron chi connectivity index (χ2n) is 4.56. The molecule has 0 heterocycles. The number of amides is 1. The van der Waals surface area contributed by atoms with Gasteiger partial charge in [-0.2, -0.15) is 0 Å². The standard InChI is InChI=1S/C15H15N3O3/c1-10-3-5-11(6-4-10)17-15(19)13-9-12(16-2)7-8-14(13)18(20)21/h3-9,16H,1-2H3,(H,17,19). The van der Waals surface area contributed by atoms with Crippen molar-refractivity contribution < 1.29 is 9.72 Å². The van der Waals surface area contributed by atoms with E-state index in [4.69, 9.17) is 0 Å². The second-order valence-corrected chi connectivity index (χ2v) is 4.56. The number of benzene rings is 2. The molecule has 108 valence electrons. The van der Waals surface area contributed by atoms with E-state index in [1.165, 1.54) is 12.1 Å². The van der Waals surface area contributed by atoms with Gasteiger partial charge in [0.05, 0.1) is 4.92 Å². The van der Waals surface area contributed by atoms with Crippen LogP contribution in [0.3, 0.4) is 0 Å². The first-order valence-corrected chi connectivity index (χ1v) is 6.35. The summed E-state index contributed by atoms with van der Waals surface area (Å²) in [5.41, 5.74) is 2.09. The van der Waals surface area contributed by atoms with Gasteiger partial charge < -0.3 is 10.6 Å². The number of hydrogen-bond donors (Lipinski definition) is 2. The molecule has 21 heavy (non-hydrogen) atoms. The van der Waals surface area contributed by atoms with E-state index >= 15 is 0 Å². The number of carbonyl (C=O) groups is 1. The fourth-order valence-electron chi connectivity index (χ4n) is 1.87. The van der Waals surface area contributed by atoms with Crippen molar-refractivity contribution in [2.24, 2.45) is 0 Å². The highest BCUT2D eigenvalue weighted by molar-refractivity contribution is 6.07. The predicted octanol–water partition coefficient (Wildman–Crippen LogP) is 3.20. The number of nitrogens with one attached hydrogen (secondary N) is 2. The first-order chi connectivity index (χ1) is 10.0. The number of nitro groups is 1. The molecule has 0 aliphatic heterocycles. The van der Waals surface area contributed by atoms with Crippen molar-refractivity contribution in [2.45, 2.75) is 6.92 Å². The molecular weight excluding hydrogens is 270 g/mol. The van der Waals surface area contributed by atoms with Crippen LogP contribution in [0.1, 0.15) is 15.9 Å². The number of nitrogens with zero attached hydrogens (tertiary/aromatic N) is 1. The van der Waals surface area contributed by atoms with E-state index in [2.05, 4.69) is 10.6 Å². The van der Waals surface area contributed by atoms with Crippen LogP contribution in [0, 0.1) is 17.0 Å². The first-order valence-electron chi connectivity index (χ1n) is 6.35. The molecule has 0 unspecified atom stereocenters. The molecule has 6 heteroatoms. The lowest BCUT2D eigenvalue weighted by atomic mass is 10.1. The first kappa shape index (κ1) is 14.5. The van der Waals surface area contributed by atoms with Gasteiger partial charge in [-0.25, -0.2) is 0 Å². The lowest BCUT2D eigenvalue weighted by Gasteiger charge is -2.08. The Morgan fingerprint density at radius 3 is 2.29 bits per heavy atom. The van der Waals surface area contributed by atoms with Crippen LogP contribution in [0.15, 0.2) is 42.5 Å². The monoisotopic (exact) mass is 285 g/mol. The Morgan fingerprint density at radius 2 is 1.71 bits per heavy atom. The molecule has 0 spiro atoms. The fourth-order valence-corrected chi connectivity index (χ4v) is 1.87. The molecule has 0 radical (unpaired) electrons. The van der Waals surface area contributed by atoms with E-state index in [0.29, 0.717) is 11.4 Å². The van der Waals surface area contributed by atoms with Gasteiger partial charge in [0.25, 0.3) is 11.6 Å². The molecule has 0 atom stereocenters. The third-order valence-electron chi connectivity index (χ3n) is 3.04. The Kier molecular flexibility index (Phi) is 4.18. The number of hydrogen-bond acceptors (Lipinski definition) is 4. The van der Waals surface area contributed by atoms with Crippen molar-refractivity contribution in [2.75, 3.05) is 17.7 Å². The largest absolute Gasteiger partial charge is 0.388 e. The molecule has 0 fully saturated rings. The zero-order valence-electron chi connectivity index (χ0n) is 11.7. The number of aryl methyl sites for hydroxylation is 1. The van der Waals surface area contributed by atoms with Gasteiger partial charge in [-0.3, -0.25) is 14.9 Å². The summed E-state index contributed by atoms with van der Waals surface area (Å²) in [5, 5.41) is 16.5. The minimum atomic E-state index is -0.566. The average molecular weight is 285 g/mol. The molecule has 0 saturated carbocycles. The Bertz CT molecular complexity index is 681. The van der Waals surface area contributed by atoms with Crippen LogP contribution in [0.2, 0.25) is 0 Å². The van der Waals surface area contributed by atoms with Crippen LogP contribution in [-0.4, -0.2) is 17.9 Å². The minimum absolute atomic E-state index is 0.0208. The summed E-state index contributed by atoms with van der Waals surface area (Å²) in [5.74, 6) is -0.511. The van der Waals surface area contributed by atoms with E-state index < -0.39 is 10.8 Å². The third kappa shape index (κ3) is 3.36. The molecule has 0 aliphatic rings. The lowest BCUT2D eigenvalue weighted by molar-refractivity contribution is -0.385. The number of anilines is 2. The molecule has 0 aromatic heterocycles. The molecule has 0 saturated heterocycles. The van der Waals surface area contributed by atoms with Gasteiger partial charge in [0.15, 0.2) is 0 Å². The lowest BCUT2D eigenvalue weighted by Crippen LogP contribution is -2.14. The van der Waals surface area contributed by atoms with Crippen molar-refractivity contribution in [3.05, 3.63) is 63.7 Å². The van der Waals surface area contributed by atoms with Crippen LogP contribution < -0.4 is 10.6 Å². The fraction of sp³-hybridized carbons (Fsp3) is 0.133. The molecular formula is C15H15N3O3. The molecule has 2 aromatic rings. The number of nitro benzene ring substituents is 1. The van der Waals surface area contributed by atoms with Gasteiger partial charge in [-0.1, -0.05) is 17.7 Å². The van der Waals surface area contributed by atoms with Gasteiger partial charge in [0, 0.05) is 24.5 Å². The topological polar surface area (TPSA) is 84.3 Å². The van der Waals surface area contributed by atoms with Crippen LogP contribution >= 0.6 is 0 Å². The summed E-state index contributed by atoms with van der Waals surface area (Å²) in [4.78, 5) is 22.7. The van der Waals surface area contributed by atoms with E-state index in [1.807, 2.05) is 19.1 Å². The summed E-state index contributed by atoms with van der Waals surface area (Å²) >= 11 is 0. The minimum Gasteiger partial charge on any atom is -0.388 e. The third-order valence-corrected chi connectivity index (χ3v) is 3.04. The second kappa shape index (κ2) is 6.04. The maximum atomic E-state index is 12.2. The van der Waals surface area contributed by atoms with Crippen LogP contribution in [0.4, 0.5) is 17.1 Å². The highest BCUT2D eigenvalue weighted by Crippen LogP contribution is 2.23. The summed E-state index contributed by atoms with van der Waals surface area (Å²) in [6.45, 7) is 1.94. The van der Waals surface area contributed by atoms with Crippen molar-refractivity contribution in [1.82, 2.24) is 0 Å². The Balaban J connectivity index is 2.33. The van der Waals surface area contributed by atoms with Crippen molar-refractivity contribution in [3.63, 3.8) is 0 Å². The van der Waals surface area contributed by atoms with Gasteiger partial charge >= 0.3 is 0 Å². The van der Waals surface area contributed by atoms with E-state index in [9.17, 15) is 14.9 Å². The smallest absolute Gasteiger partial charge is 0.282 e. The Morgan fingerprint density at radius 1 is 1.10 bits per heavy atom. The van der Waals surface area contributed by atoms with Gasteiger partial charge in [-0.15, -0.1) is 0 Å². The van der Waals surface area contributed by atoms with Crippen LogP contribution in [-0.2, 0) is 0 Å². The summed E-state index contributed by atoms with van der Waals surface area (Å²) in [6, 6.07) is 11.5. The molecule has 2 aromatic carbocycles. The Labute approximate surface area is 121 Å². The maximum absolute atomic E-state index is 12.2. The number of carbonyl (C=O) groups excluding carboxylic acids is 1. The zero-order valence-corrected chi connectivity index (χ0v) is 11.7. The van der Waals surface area contributed by atoms with Gasteiger partial charge in [0.1, 0.15) is 5.56 Å². The Hall–Kier alpha value is -2.89. The number of rotatable bonds is 4. The van der Waals surface area contributed by atoms with Crippen molar-refractivity contribution in [3.8, 4) is 0 Å².